The van der Waals surface area contributed by atoms with Crippen LogP contribution in [0.15, 0.2) is 16.6 Å². The molecule has 7 nitrogen and oxygen atoms in total. The maximum absolute atomic E-state index is 12.5. The summed E-state index contributed by atoms with van der Waals surface area (Å²) in [5.41, 5.74) is -0.191. The Labute approximate surface area is 190 Å². The van der Waals surface area contributed by atoms with E-state index >= 15 is 0 Å². The van der Waals surface area contributed by atoms with Crippen molar-refractivity contribution in [3.63, 3.8) is 0 Å². The summed E-state index contributed by atoms with van der Waals surface area (Å²) in [5, 5.41) is 3.46. The topological polar surface area (TPSA) is 84.9 Å². The fourth-order valence-electron chi connectivity index (χ4n) is 3.49. The molecule has 1 aromatic rings. The quantitative estimate of drug-likeness (QED) is 0.428. The Kier molecular flexibility index (Phi) is 8.16. The van der Waals surface area contributed by atoms with E-state index < -0.39 is 17.2 Å². The van der Waals surface area contributed by atoms with Crippen LogP contribution in [0, 0.1) is 0 Å². The van der Waals surface area contributed by atoms with Gasteiger partial charge in [-0.05, 0) is 68.6 Å². The number of amides is 1. The van der Waals surface area contributed by atoms with Crippen molar-refractivity contribution < 1.29 is 23.9 Å². The van der Waals surface area contributed by atoms with Crippen LogP contribution in [-0.4, -0.2) is 49.2 Å². The second kappa shape index (κ2) is 10.0. The molecule has 0 radical (unpaired) electrons. The number of halogens is 2. The van der Waals surface area contributed by atoms with Gasteiger partial charge >= 0.3 is 12.1 Å². The number of carbonyl (C=O) groups is 3. The molecule has 0 spiro atoms. The predicted molar refractivity (Wildman–Crippen MR) is 119 cm³/mol. The van der Waals surface area contributed by atoms with Gasteiger partial charge in [0.05, 0.1) is 17.7 Å². The van der Waals surface area contributed by atoms with E-state index in [0.29, 0.717) is 53.3 Å². The van der Waals surface area contributed by atoms with Crippen molar-refractivity contribution in [3.8, 4) is 0 Å². The van der Waals surface area contributed by atoms with E-state index in [9.17, 15) is 14.4 Å². The smallest absolute Gasteiger partial charge is 0.408 e. The van der Waals surface area contributed by atoms with E-state index in [4.69, 9.17) is 21.1 Å². The van der Waals surface area contributed by atoms with Crippen molar-refractivity contribution in [2.24, 2.45) is 0 Å². The number of nitrogens with one attached hydrogen (secondary N) is 1. The fourth-order valence-corrected chi connectivity index (χ4v) is 4.38. The number of hydrogen-bond donors (Lipinski definition) is 1. The Balaban J connectivity index is 2.27. The van der Waals surface area contributed by atoms with Gasteiger partial charge in [-0.25, -0.2) is 4.79 Å². The molecule has 1 aliphatic heterocycles. The lowest BCUT2D eigenvalue weighted by Crippen LogP contribution is -2.52. The van der Waals surface area contributed by atoms with Crippen LogP contribution in [0.5, 0.6) is 0 Å². The fraction of sp³-hybridized carbons (Fsp3) is 0.571. The van der Waals surface area contributed by atoms with Gasteiger partial charge in [-0.2, -0.15) is 0 Å². The van der Waals surface area contributed by atoms with Gasteiger partial charge < -0.3 is 19.7 Å². The van der Waals surface area contributed by atoms with E-state index in [-0.39, 0.29) is 12.4 Å². The summed E-state index contributed by atoms with van der Waals surface area (Å²) >= 11 is 9.58. The standard InChI is InChI=1S/C21H28BrClN2O5/c1-5-29-18(27)6-7-21(24-19(28)30-20(2,3)4)8-9-25(13-21)17-11-14(23)10-16(22)15(17)12-26/h10-12H,5-9,13H2,1-4H3,(H,24,28). The molecular weight excluding hydrogens is 476 g/mol. The highest BCUT2D eigenvalue weighted by Crippen LogP contribution is 2.36. The van der Waals surface area contributed by atoms with E-state index in [2.05, 4.69) is 21.2 Å². The lowest BCUT2D eigenvalue weighted by atomic mass is 9.92. The summed E-state index contributed by atoms with van der Waals surface area (Å²) in [6, 6.07) is 3.39. The minimum Gasteiger partial charge on any atom is -0.466 e. The van der Waals surface area contributed by atoms with E-state index in [0.717, 1.165) is 6.29 Å². The first kappa shape index (κ1) is 24.5. The maximum Gasteiger partial charge on any atom is 0.408 e. The van der Waals surface area contributed by atoms with Crippen LogP contribution in [0.4, 0.5) is 10.5 Å². The first-order valence-electron chi connectivity index (χ1n) is 9.84. The maximum atomic E-state index is 12.5. The first-order chi connectivity index (χ1) is 14.0. The number of rotatable bonds is 7. The van der Waals surface area contributed by atoms with Crippen LogP contribution in [0.3, 0.4) is 0 Å². The molecule has 1 aliphatic rings. The number of aldehydes is 1. The first-order valence-corrected chi connectivity index (χ1v) is 11.0. The Morgan fingerprint density at radius 1 is 1.37 bits per heavy atom. The zero-order chi connectivity index (χ0) is 22.5. The van der Waals surface area contributed by atoms with Crippen LogP contribution in [0.1, 0.15) is 57.3 Å². The van der Waals surface area contributed by atoms with Crippen LogP contribution < -0.4 is 10.2 Å². The van der Waals surface area contributed by atoms with Gasteiger partial charge in [-0.1, -0.05) is 11.6 Å². The Hall–Kier alpha value is -1.80. The number of carbonyl (C=O) groups excluding carboxylic acids is 3. The Morgan fingerprint density at radius 2 is 2.07 bits per heavy atom. The third-order valence-corrected chi connectivity index (χ3v) is 5.64. The zero-order valence-electron chi connectivity index (χ0n) is 17.7. The molecule has 1 fully saturated rings. The van der Waals surface area contributed by atoms with E-state index in [1.54, 1.807) is 39.8 Å². The Morgan fingerprint density at radius 3 is 2.67 bits per heavy atom. The molecule has 1 amide bonds. The molecule has 166 valence electrons. The Bertz CT molecular complexity index is 811. The van der Waals surface area contributed by atoms with Gasteiger partial charge in [0.15, 0.2) is 6.29 Å². The van der Waals surface area contributed by atoms with Crippen molar-refractivity contribution in [3.05, 3.63) is 27.2 Å². The SMILES string of the molecule is CCOC(=O)CCC1(NC(=O)OC(C)(C)C)CCN(c2cc(Cl)cc(Br)c2C=O)C1. The van der Waals surface area contributed by atoms with Crippen molar-refractivity contribution in [1.82, 2.24) is 5.32 Å². The summed E-state index contributed by atoms with van der Waals surface area (Å²) < 4.78 is 11.1. The number of hydrogen-bond acceptors (Lipinski definition) is 6. The molecule has 30 heavy (non-hydrogen) atoms. The number of esters is 1. The summed E-state index contributed by atoms with van der Waals surface area (Å²) in [7, 11) is 0. The summed E-state index contributed by atoms with van der Waals surface area (Å²) in [5.74, 6) is -0.319. The highest BCUT2D eigenvalue weighted by molar-refractivity contribution is 9.10. The molecule has 0 saturated carbocycles. The molecule has 1 N–H and O–H groups in total. The average Bonchev–Trinajstić information content (AvgIpc) is 3.02. The monoisotopic (exact) mass is 502 g/mol. The van der Waals surface area contributed by atoms with Crippen molar-refractivity contribution in [1.29, 1.82) is 0 Å². The third-order valence-electron chi connectivity index (χ3n) is 4.76. The van der Waals surface area contributed by atoms with Gasteiger partial charge in [0, 0.05) is 34.7 Å². The molecular formula is C21H28BrClN2O5. The molecule has 2 rings (SSSR count). The average molecular weight is 504 g/mol. The number of alkyl carbamates (subject to hydrolysis) is 1. The predicted octanol–water partition coefficient (Wildman–Crippen LogP) is 4.73. The lowest BCUT2D eigenvalue weighted by Gasteiger charge is -2.32. The van der Waals surface area contributed by atoms with Crippen LogP contribution in [0.25, 0.3) is 0 Å². The molecule has 1 saturated heterocycles. The van der Waals surface area contributed by atoms with Gasteiger partial charge in [0.1, 0.15) is 5.60 Å². The van der Waals surface area contributed by atoms with Crippen LogP contribution in [0.2, 0.25) is 5.02 Å². The highest BCUT2D eigenvalue weighted by Gasteiger charge is 2.41. The summed E-state index contributed by atoms with van der Waals surface area (Å²) in [6.07, 6.45) is 1.36. The molecule has 1 unspecified atom stereocenters. The molecule has 0 bridgehead atoms. The van der Waals surface area contributed by atoms with Gasteiger partial charge in [0.25, 0.3) is 0 Å². The van der Waals surface area contributed by atoms with Crippen LogP contribution >= 0.6 is 27.5 Å². The van der Waals surface area contributed by atoms with Crippen molar-refractivity contribution in [2.75, 3.05) is 24.6 Å². The van der Waals surface area contributed by atoms with Crippen molar-refractivity contribution in [2.45, 2.75) is 58.1 Å². The van der Waals surface area contributed by atoms with Crippen LogP contribution in [-0.2, 0) is 14.3 Å². The zero-order valence-corrected chi connectivity index (χ0v) is 20.1. The third kappa shape index (κ3) is 6.60. The minimum absolute atomic E-state index is 0.164. The number of nitrogens with zero attached hydrogens (tertiary/aromatic N) is 1. The molecule has 0 aliphatic carbocycles. The second-order valence-electron chi connectivity index (χ2n) is 8.32. The van der Waals surface area contributed by atoms with E-state index in [1.165, 1.54) is 0 Å². The molecule has 1 atom stereocenters. The molecule has 1 aromatic carbocycles. The van der Waals surface area contributed by atoms with E-state index in [1.807, 2.05) is 4.90 Å². The summed E-state index contributed by atoms with van der Waals surface area (Å²) in [6.45, 7) is 8.40. The van der Waals surface area contributed by atoms with Gasteiger partial charge in [-0.3, -0.25) is 9.59 Å². The molecule has 0 aromatic heterocycles. The number of benzene rings is 1. The number of ether oxygens (including phenoxy) is 2. The largest absolute Gasteiger partial charge is 0.466 e. The highest BCUT2D eigenvalue weighted by atomic mass is 79.9. The molecule has 1 heterocycles. The normalized spacial score (nSPS) is 18.8. The minimum atomic E-state index is -0.704. The summed E-state index contributed by atoms with van der Waals surface area (Å²) in [4.78, 5) is 38.1. The van der Waals surface area contributed by atoms with Gasteiger partial charge in [0.2, 0.25) is 0 Å². The van der Waals surface area contributed by atoms with Gasteiger partial charge in [-0.15, -0.1) is 0 Å². The molecule has 9 heteroatoms. The second-order valence-corrected chi connectivity index (χ2v) is 9.61. The lowest BCUT2D eigenvalue weighted by molar-refractivity contribution is -0.143. The number of anilines is 1. The van der Waals surface area contributed by atoms with Crippen molar-refractivity contribution >= 4 is 51.6 Å².